The minimum atomic E-state index is -3.57. The Morgan fingerprint density at radius 1 is 1.07 bits per heavy atom. The summed E-state index contributed by atoms with van der Waals surface area (Å²) < 4.78 is 28.2. The number of benzene rings is 3. The van der Waals surface area contributed by atoms with Crippen LogP contribution in [0.2, 0.25) is 0 Å². The number of carbonyl (C=O) groups excluding carboxylic acids is 1. The summed E-state index contributed by atoms with van der Waals surface area (Å²) in [5, 5.41) is 10.0. The van der Waals surface area contributed by atoms with Crippen molar-refractivity contribution in [2.75, 3.05) is 33.7 Å². The zero-order valence-electron chi connectivity index (χ0n) is 24.6. The summed E-state index contributed by atoms with van der Waals surface area (Å²) in [5.41, 5.74) is 8.49. The highest BCUT2D eigenvalue weighted by atomic mass is 32.2. The molecule has 1 unspecified atom stereocenters. The molecule has 1 amide bonds. The van der Waals surface area contributed by atoms with E-state index in [2.05, 4.69) is 51.1 Å². The second-order valence-corrected chi connectivity index (χ2v) is 13.0. The van der Waals surface area contributed by atoms with Crippen LogP contribution in [-0.4, -0.2) is 68.0 Å². The van der Waals surface area contributed by atoms with E-state index in [-0.39, 0.29) is 10.9 Å². The molecule has 5 rings (SSSR count). The van der Waals surface area contributed by atoms with Crippen LogP contribution in [0.1, 0.15) is 40.3 Å². The molecule has 43 heavy (non-hydrogen) atoms. The number of H-pyrrole nitrogens is 1. The molecule has 1 aliphatic carbocycles. The fourth-order valence-electron chi connectivity index (χ4n) is 5.75. The number of nitrogens with one attached hydrogen (secondary N) is 3. The number of likely N-dealkylation sites (N-methyl/N-ethyl adjacent to an activating group) is 1. The number of rotatable bonds is 13. The van der Waals surface area contributed by atoms with Gasteiger partial charge >= 0.3 is 0 Å². The molecule has 1 heterocycles. The normalized spacial score (nSPS) is 15.1. The topological polar surface area (TPSA) is 118 Å². The van der Waals surface area contributed by atoms with Crippen molar-refractivity contribution in [2.45, 2.75) is 36.7 Å². The maximum atomic E-state index is 12.8. The Labute approximate surface area is 253 Å². The van der Waals surface area contributed by atoms with Crippen LogP contribution >= 0.6 is 0 Å². The number of fused-ring (bicyclic) bond motifs is 2. The number of hydroxylamine groups is 1. The molecule has 3 aromatic carbocycles. The van der Waals surface area contributed by atoms with Gasteiger partial charge in [0.2, 0.25) is 10.0 Å². The molecule has 1 aliphatic rings. The summed E-state index contributed by atoms with van der Waals surface area (Å²) in [6.07, 6.45) is 7.86. The lowest BCUT2D eigenvalue weighted by Gasteiger charge is -2.30. The van der Waals surface area contributed by atoms with Crippen LogP contribution in [0.3, 0.4) is 0 Å². The number of hydrogen-bond donors (Lipinski definition) is 4. The molecular formula is C33H39N5O4S. The predicted octanol–water partition coefficient (Wildman–Crippen LogP) is 4.26. The van der Waals surface area contributed by atoms with Gasteiger partial charge in [-0.2, -0.15) is 0 Å². The minimum absolute atomic E-state index is 0.204. The first kappa shape index (κ1) is 30.7. The molecule has 0 spiro atoms. The Hall–Kier alpha value is -3.80. The van der Waals surface area contributed by atoms with Crippen molar-refractivity contribution in [3.63, 3.8) is 0 Å². The summed E-state index contributed by atoms with van der Waals surface area (Å²) in [6, 6.07) is 22.0. The van der Waals surface area contributed by atoms with Crippen LogP contribution in [0, 0.1) is 0 Å². The molecule has 0 aliphatic heterocycles. The van der Waals surface area contributed by atoms with E-state index in [0.29, 0.717) is 19.6 Å². The quantitative estimate of drug-likeness (QED) is 0.103. The third-order valence-electron chi connectivity index (χ3n) is 8.00. The SMILES string of the molecule is CN(C)CCNS(=O)(=O)c1ccc(CN(CCc2c[nH]c3ccccc23)C2CCc3cc(/C=C/C(=O)NO)ccc32)cc1. The Morgan fingerprint density at radius 2 is 1.86 bits per heavy atom. The smallest absolute Gasteiger partial charge is 0.267 e. The molecule has 0 bridgehead atoms. The maximum absolute atomic E-state index is 12.8. The molecule has 0 fully saturated rings. The fraction of sp³-hybridized carbons (Fsp3) is 0.303. The molecular weight excluding hydrogens is 562 g/mol. The number of aryl methyl sites for hydroxylation is 1. The van der Waals surface area contributed by atoms with Gasteiger partial charge in [0.25, 0.3) is 5.91 Å². The first-order valence-corrected chi connectivity index (χ1v) is 16.0. The number of amides is 1. The van der Waals surface area contributed by atoms with Gasteiger partial charge in [-0.1, -0.05) is 48.5 Å². The van der Waals surface area contributed by atoms with Crippen molar-refractivity contribution in [1.29, 1.82) is 0 Å². The molecule has 4 aromatic rings. The van der Waals surface area contributed by atoms with E-state index in [9.17, 15) is 13.2 Å². The molecule has 0 saturated carbocycles. The second kappa shape index (κ2) is 13.7. The van der Waals surface area contributed by atoms with Gasteiger partial charge in [-0.25, -0.2) is 18.6 Å². The van der Waals surface area contributed by atoms with Gasteiger partial charge in [0.1, 0.15) is 0 Å². The van der Waals surface area contributed by atoms with E-state index in [0.717, 1.165) is 42.5 Å². The fourth-order valence-corrected chi connectivity index (χ4v) is 6.77. The monoisotopic (exact) mass is 601 g/mol. The third-order valence-corrected chi connectivity index (χ3v) is 9.48. The van der Waals surface area contributed by atoms with Gasteiger partial charge in [0.05, 0.1) is 4.90 Å². The van der Waals surface area contributed by atoms with Crippen LogP contribution < -0.4 is 10.2 Å². The number of para-hydroxylation sites is 1. The number of sulfonamides is 1. The van der Waals surface area contributed by atoms with Crippen LogP contribution in [0.15, 0.2) is 83.9 Å². The molecule has 226 valence electrons. The third kappa shape index (κ3) is 7.59. The van der Waals surface area contributed by atoms with Crippen molar-refractivity contribution < 1.29 is 18.4 Å². The molecule has 10 heteroatoms. The zero-order valence-corrected chi connectivity index (χ0v) is 25.4. The Kier molecular flexibility index (Phi) is 9.74. The summed E-state index contributed by atoms with van der Waals surface area (Å²) in [4.78, 5) is 19.5. The number of hydrogen-bond acceptors (Lipinski definition) is 6. The minimum Gasteiger partial charge on any atom is -0.361 e. The van der Waals surface area contributed by atoms with E-state index in [1.54, 1.807) is 23.7 Å². The van der Waals surface area contributed by atoms with E-state index < -0.39 is 15.9 Å². The van der Waals surface area contributed by atoms with Crippen LogP contribution in [0.25, 0.3) is 17.0 Å². The molecule has 4 N–H and O–H groups in total. The van der Waals surface area contributed by atoms with Crippen LogP contribution in [-0.2, 0) is 34.2 Å². The van der Waals surface area contributed by atoms with E-state index >= 15 is 0 Å². The summed E-state index contributed by atoms with van der Waals surface area (Å²) >= 11 is 0. The molecule has 1 aromatic heterocycles. The first-order valence-electron chi connectivity index (χ1n) is 14.5. The van der Waals surface area contributed by atoms with Crippen molar-refractivity contribution in [2.24, 2.45) is 0 Å². The van der Waals surface area contributed by atoms with Gasteiger partial charge in [-0.3, -0.25) is 14.9 Å². The highest BCUT2D eigenvalue weighted by molar-refractivity contribution is 7.89. The van der Waals surface area contributed by atoms with Crippen LogP contribution in [0.5, 0.6) is 0 Å². The summed E-state index contributed by atoms with van der Waals surface area (Å²) in [7, 11) is 0.244. The van der Waals surface area contributed by atoms with Gasteiger partial charge in [0.15, 0.2) is 0 Å². The van der Waals surface area contributed by atoms with Crippen molar-refractivity contribution in [3.05, 3.63) is 107 Å². The van der Waals surface area contributed by atoms with E-state index in [4.69, 9.17) is 5.21 Å². The summed E-state index contributed by atoms with van der Waals surface area (Å²) in [5.74, 6) is -0.565. The van der Waals surface area contributed by atoms with Gasteiger partial charge in [0, 0.05) is 55.4 Å². The molecule has 9 nitrogen and oxygen atoms in total. The largest absolute Gasteiger partial charge is 0.361 e. The van der Waals surface area contributed by atoms with Crippen molar-refractivity contribution >= 4 is 32.9 Å². The van der Waals surface area contributed by atoms with Gasteiger partial charge in [-0.05, 0) is 85.5 Å². The second-order valence-electron chi connectivity index (χ2n) is 11.2. The number of aromatic nitrogens is 1. The van der Waals surface area contributed by atoms with Crippen molar-refractivity contribution in [1.82, 2.24) is 25.0 Å². The lowest BCUT2D eigenvalue weighted by Crippen LogP contribution is -2.31. The molecule has 0 saturated heterocycles. The Balaban J connectivity index is 1.36. The molecule has 1 atom stereocenters. The van der Waals surface area contributed by atoms with Crippen LogP contribution in [0.4, 0.5) is 0 Å². The maximum Gasteiger partial charge on any atom is 0.267 e. The Bertz CT molecular complexity index is 1700. The number of aromatic amines is 1. The predicted molar refractivity (Wildman–Crippen MR) is 169 cm³/mol. The average Bonchev–Trinajstić information content (AvgIpc) is 3.62. The highest BCUT2D eigenvalue weighted by Crippen LogP contribution is 2.37. The Morgan fingerprint density at radius 3 is 2.63 bits per heavy atom. The standard InChI is InChI=1S/C33H39N5O4S/c1-37(2)20-18-35-43(41,42)28-12-7-25(8-13-28)23-38(19-17-27-22-34-31-6-4-3-5-29(27)31)32-15-11-26-21-24(9-14-30(26)32)10-16-33(39)36-40/h3-10,12-14,16,21-22,32,34-35,40H,11,15,17-20,23H2,1-2H3,(H,36,39)/b16-10+. The van der Waals surface area contributed by atoms with Gasteiger partial charge in [-0.15, -0.1) is 0 Å². The number of nitrogens with zero attached hydrogens (tertiary/aromatic N) is 2. The van der Waals surface area contributed by atoms with Crippen molar-refractivity contribution in [3.8, 4) is 0 Å². The molecule has 0 radical (unpaired) electrons. The average molecular weight is 602 g/mol. The van der Waals surface area contributed by atoms with E-state index in [1.807, 2.05) is 43.3 Å². The first-order chi connectivity index (χ1) is 20.7. The van der Waals surface area contributed by atoms with Gasteiger partial charge < -0.3 is 9.88 Å². The number of carbonyl (C=O) groups is 1. The zero-order chi connectivity index (χ0) is 30.4. The lowest BCUT2D eigenvalue weighted by molar-refractivity contribution is -0.124. The summed E-state index contributed by atoms with van der Waals surface area (Å²) in [6.45, 7) is 2.49. The highest BCUT2D eigenvalue weighted by Gasteiger charge is 2.28. The van der Waals surface area contributed by atoms with E-state index in [1.165, 1.54) is 28.2 Å². The lowest BCUT2D eigenvalue weighted by atomic mass is 10.0.